The average Bonchev–Trinajstić information content (AvgIpc) is 3.46. The summed E-state index contributed by atoms with van der Waals surface area (Å²) in [7, 11) is 1.67. The Morgan fingerprint density at radius 3 is 3.06 bits per heavy atom. The van der Waals surface area contributed by atoms with E-state index in [-0.39, 0.29) is 24.5 Å². The summed E-state index contributed by atoms with van der Waals surface area (Å²) >= 11 is 1.57. The maximum atomic E-state index is 12.8. The first-order valence-corrected chi connectivity index (χ1v) is 11.4. The summed E-state index contributed by atoms with van der Waals surface area (Å²) < 4.78 is 16.4. The van der Waals surface area contributed by atoms with Crippen LogP contribution in [0.1, 0.15) is 24.8 Å². The highest BCUT2D eigenvalue weighted by Gasteiger charge is 2.33. The average molecular weight is 446 g/mol. The molecule has 2 aromatic rings. The molecular weight excluding hydrogens is 418 g/mol. The molecule has 2 amide bonds. The molecule has 0 aliphatic carbocycles. The van der Waals surface area contributed by atoms with E-state index in [9.17, 15) is 9.59 Å². The number of thiazole rings is 1. The Morgan fingerprint density at radius 1 is 1.42 bits per heavy atom. The Kier molecular flexibility index (Phi) is 6.84. The van der Waals surface area contributed by atoms with Crippen LogP contribution in [-0.4, -0.2) is 62.4 Å². The fourth-order valence-corrected chi connectivity index (χ4v) is 4.50. The lowest BCUT2D eigenvalue weighted by Gasteiger charge is -2.33. The van der Waals surface area contributed by atoms with Gasteiger partial charge in [-0.15, -0.1) is 11.3 Å². The summed E-state index contributed by atoms with van der Waals surface area (Å²) in [6.45, 7) is 3.44. The number of carbonyl (C=O) groups excluding carboxylic acids is 2. The Balaban J connectivity index is 1.51. The first-order chi connectivity index (χ1) is 15.0. The van der Waals surface area contributed by atoms with Crippen LogP contribution in [-0.2, 0) is 25.5 Å². The lowest BCUT2D eigenvalue weighted by atomic mass is 10.1. The number of hydrogen-bond donors (Lipinski definition) is 1. The van der Waals surface area contributed by atoms with Crippen molar-refractivity contribution < 1.29 is 23.8 Å². The lowest BCUT2D eigenvalue weighted by molar-refractivity contribution is -0.128. The number of anilines is 1. The van der Waals surface area contributed by atoms with E-state index in [0.29, 0.717) is 24.6 Å². The number of benzene rings is 1. The van der Waals surface area contributed by atoms with Crippen molar-refractivity contribution in [2.24, 2.45) is 0 Å². The second-order valence-electron chi connectivity index (χ2n) is 7.68. The molecule has 4 rings (SSSR count). The summed E-state index contributed by atoms with van der Waals surface area (Å²) in [4.78, 5) is 31.5. The van der Waals surface area contributed by atoms with E-state index in [1.165, 1.54) is 4.90 Å². The molecule has 0 spiro atoms. The van der Waals surface area contributed by atoms with Crippen LogP contribution in [0.4, 0.5) is 5.69 Å². The third-order valence-corrected chi connectivity index (χ3v) is 6.30. The van der Waals surface area contributed by atoms with E-state index < -0.39 is 6.10 Å². The molecule has 8 nitrogen and oxygen atoms in total. The maximum absolute atomic E-state index is 12.8. The molecule has 2 aliphatic heterocycles. The van der Waals surface area contributed by atoms with Gasteiger partial charge < -0.3 is 19.5 Å². The van der Waals surface area contributed by atoms with Crippen molar-refractivity contribution in [2.45, 2.75) is 38.4 Å². The van der Waals surface area contributed by atoms with Crippen LogP contribution in [0.25, 0.3) is 11.3 Å². The summed E-state index contributed by atoms with van der Waals surface area (Å²) in [6, 6.07) is 5.62. The second kappa shape index (κ2) is 9.76. The molecule has 3 heterocycles. The van der Waals surface area contributed by atoms with Gasteiger partial charge in [0.2, 0.25) is 5.91 Å². The summed E-state index contributed by atoms with van der Waals surface area (Å²) in [5.41, 5.74) is 2.28. The number of amides is 2. The molecule has 2 unspecified atom stereocenters. The molecule has 1 N–H and O–H groups in total. The van der Waals surface area contributed by atoms with Gasteiger partial charge in [0.25, 0.3) is 5.91 Å². The predicted octanol–water partition coefficient (Wildman–Crippen LogP) is 2.41. The molecule has 0 radical (unpaired) electrons. The highest BCUT2D eigenvalue weighted by atomic mass is 32.1. The van der Waals surface area contributed by atoms with Gasteiger partial charge >= 0.3 is 0 Å². The van der Waals surface area contributed by atoms with Gasteiger partial charge in [0.15, 0.2) is 6.10 Å². The highest BCUT2D eigenvalue weighted by molar-refractivity contribution is 7.09. The Bertz CT molecular complexity index is 941. The van der Waals surface area contributed by atoms with E-state index in [1.54, 1.807) is 25.4 Å². The molecule has 1 fully saturated rings. The zero-order chi connectivity index (χ0) is 21.8. The minimum Gasteiger partial charge on any atom is -0.479 e. The van der Waals surface area contributed by atoms with E-state index >= 15 is 0 Å². The highest BCUT2D eigenvalue weighted by Crippen LogP contribution is 2.37. The van der Waals surface area contributed by atoms with Gasteiger partial charge in [-0.1, -0.05) is 0 Å². The van der Waals surface area contributed by atoms with Crippen molar-refractivity contribution >= 4 is 28.8 Å². The van der Waals surface area contributed by atoms with Gasteiger partial charge in [0, 0.05) is 37.6 Å². The molecule has 1 saturated heterocycles. The Morgan fingerprint density at radius 2 is 2.29 bits per heavy atom. The molecule has 166 valence electrons. The van der Waals surface area contributed by atoms with Gasteiger partial charge in [-0.2, -0.15) is 0 Å². The zero-order valence-electron chi connectivity index (χ0n) is 17.8. The number of aromatic nitrogens is 1. The van der Waals surface area contributed by atoms with Crippen LogP contribution in [0.2, 0.25) is 0 Å². The molecule has 1 aromatic carbocycles. The van der Waals surface area contributed by atoms with Gasteiger partial charge in [0.1, 0.15) is 12.3 Å². The molecular formula is C22H27N3O5S. The monoisotopic (exact) mass is 445 g/mol. The van der Waals surface area contributed by atoms with Crippen LogP contribution in [0, 0.1) is 0 Å². The molecule has 1 aromatic heterocycles. The fourth-order valence-electron chi connectivity index (χ4n) is 3.71. The number of ether oxygens (including phenoxy) is 3. The third kappa shape index (κ3) is 5.06. The summed E-state index contributed by atoms with van der Waals surface area (Å²) in [6.07, 6.45) is 2.12. The largest absolute Gasteiger partial charge is 0.479 e. The smallest absolute Gasteiger partial charge is 0.268 e. The van der Waals surface area contributed by atoms with Gasteiger partial charge in [-0.3, -0.25) is 14.5 Å². The number of methoxy groups -OCH3 is 1. The lowest BCUT2D eigenvalue weighted by Crippen LogP contribution is -2.49. The topological polar surface area (TPSA) is 90.0 Å². The van der Waals surface area contributed by atoms with Crippen LogP contribution >= 0.6 is 11.3 Å². The van der Waals surface area contributed by atoms with Gasteiger partial charge in [-0.25, -0.2) is 4.98 Å². The first-order valence-electron chi connectivity index (χ1n) is 10.5. The molecule has 9 heteroatoms. The molecule has 0 saturated carbocycles. The Hall–Kier alpha value is -2.49. The number of rotatable bonds is 8. The summed E-state index contributed by atoms with van der Waals surface area (Å²) in [5.74, 6) is 0.124. The van der Waals surface area contributed by atoms with E-state index in [0.717, 1.165) is 42.1 Å². The van der Waals surface area contributed by atoms with Crippen LogP contribution < -0.4 is 15.0 Å². The number of fused-ring (bicyclic) bond motifs is 1. The number of carbonyl (C=O) groups is 2. The molecule has 2 aliphatic rings. The number of hydrogen-bond acceptors (Lipinski definition) is 7. The molecule has 0 bridgehead atoms. The predicted molar refractivity (Wildman–Crippen MR) is 118 cm³/mol. The normalized spacial score (nSPS) is 20.5. The van der Waals surface area contributed by atoms with E-state index in [1.807, 2.05) is 23.6 Å². The van der Waals surface area contributed by atoms with Crippen molar-refractivity contribution in [3.05, 3.63) is 28.6 Å². The maximum Gasteiger partial charge on any atom is 0.268 e. The molecule has 31 heavy (non-hydrogen) atoms. The summed E-state index contributed by atoms with van der Waals surface area (Å²) in [5, 5.41) is 5.86. The standard InChI is InChI=1S/C22H27N3O5S/c1-14-22(27)25(12-20(26)23-11-16-4-3-8-29-16)18-10-15(5-6-19(18)30-14)17-13-31-21(24-17)7-9-28-2/h5-6,10,13-14,16H,3-4,7-9,11-12H2,1-2H3,(H,23,26). The second-order valence-corrected chi connectivity index (χ2v) is 8.62. The van der Waals surface area contributed by atoms with Gasteiger partial charge in [-0.05, 0) is 38.0 Å². The van der Waals surface area contributed by atoms with Crippen molar-refractivity contribution in [1.29, 1.82) is 0 Å². The number of nitrogens with one attached hydrogen (secondary N) is 1. The fraction of sp³-hybridized carbons (Fsp3) is 0.500. The van der Waals surface area contributed by atoms with Crippen LogP contribution in [0.3, 0.4) is 0 Å². The minimum absolute atomic E-state index is 0.0547. The van der Waals surface area contributed by atoms with E-state index in [2.05, 4.69) is 10.3 Å². The Labute approximate surface area is 185 Å². The number of nitrogens with zero attached hydrogens (tertiary/aromatic N) is 2. The molecule has 2 atom stereocenters. The minimum atomic E-state index is -0.649. The SMILES string of the molecule is COCCc1nc(-c2ccc3c(c2)N(CC(=O)NCC2CCCO2)C(=O)C(C)O3)cs1. The quantitative estimate of drug-likeness (QED) is 0.671. The van der Waals surface area contributed by atoms with Crippen molar-refractivity contribution in [3.63, 3.8) is 0 Å². The zero-order valence-corrected chi connectivity index (χ0v) is 18.6. The van der Waals surface area contributed by atoms with Crippen molar-refractivity contribution in [1.82, 2.24) is 10.3 Å². The first kappa shape index (κ1) is 21.7. The van der Waals surface area contributed by atoms with Crippen molar-refractivity contribution in [3.8, 4) is 17.0 Å². The van der Waals surface area contributed by atoms with Crippen LogP contribution in [0.5, 0.6) is 5.75 Å². The third-order valence-electron chi connectivity index (χ3n) is 5.39. The van der Waals surface area contributed by atoms with Crippen molar-refractivity contribution in [2.75, 3.05) is 38.3 Å². The van der Waals surface area contributed by atoms with E-state index in [4.69, 9.17) is 14.2 Å². The van der Waals surface area contributed by atoms with Gasteiger partial charge in [0.05, 0.1) is 29.1 Å². The van der Waals surface area contributed by atoms with Crippen LogP contribution in [0.15, 0.2) is 23.6 Å².